The predicted octanol–water partition coefficient (Wildman–Crippen LogP) is 1.93. The van der Waals surface area contributed by atoms with Gasteiger partial charge in [0.1, 0.15) is 36.3 Å². The van der Waals surface area contributed by atoms with E-state index in [0.717, 1.165) is 6.16 Å². The van der Waals surface area contributed by atoms with E-state index in [1.807, 2.05) is 0 Å². The van der Waals surface area contributed by atoms with Crippen LogP contribution in [-0.2, 0) is 23.8 Å². The van der Waals surface area contributed by atoms with Gasteiger partial charge < -0.3 is 25.3 Å². The average molecular weight is 556 g/mol. The highest BCUT2D eigenvalue weighted by Crippen LogP contribution is 2.54. The molecular formula is C29H36N2O5PS+. The van der Waals surface area contributed by atoms with Gasteiger partial charge in [0.2, 0.25) is 5.91 Å². The van der Waals surface area contributed by atoms with Gasteiger partial charge in [-0.25, -0.2) is 0 Å². The van der Waals surface area contributed by atoms with E-state index in [-0.39, 0.29) is 25.5 Å². The summed E-state index contributed by atoms with van der Waals surface area (Å²) in [5.41, 5.74) is 5.53. The third-order valence-corrected chi connectivity index (χ3v) is 10.8. The summed E-state index contributed by atoms with van der Waals surface area (Å²) in [5, 5.41) is 6.38. The second-order valence-corrected chi connectivity index (χ2v) is 12.5. The van der Waals surface area contributed by atoms with Crippen molar-refractivity contribution in [2.45, 2.75) is 6.04 Å². The summed E-state index contributed by atoms with van der Waals surface area (Å²) in [6, 6.07) is 31.3. The third kappa shape index (κ3) is 8.65. The molecular weight excluding hydrogens is 519 g/mol. The van der Waals surface area contributed by atoms with Crippen LogP contribution in [0.15, 0.2) is 91.0 Å². The summed E-state index contributed by atoms with van der Waals surface area (Å²) in [4.78, 5) is 23.3. The molecule has 0 saturated heterocycles. The topological polar surface area (TPSA) is 99.9 Å². The van der Waals surface area contributed by atoms with Gasteiger partial charge in [-0.3, -0.25) is 9.59 Å². The number of amides is 1. The van der Waals surface area contributed by atoms with Gasteiger partial charge in [-0.15, -0.1) is 0 Å². The first-order chi connectivity index (χ1) is 18.6. The molecule has 1 atom stereocenters. The van der Waals surface area contributed by atoms with Crippen LogP contribution in [0.4, 0.5) is 0 Å². The third-order valence-electron chi connectivity index (χ3n) is 5.97. The second kappa shape index (κ2) is 16.3. The Hall–Kier alpha value is -2.74. The molecule has 0 fully saturated rings. The van der Waals surface area contributed by atoms with Crippen molar-refractivity contribution in [3.63, 3.8) is 0 Å². The van der Waals surface area contributed by atoms with E-state index in [9.17, 15) is 9.59 Å². The lowest BCUT2D eigenvalue weighted by Gasteiger charge is -2.27. The molecule has 3 rings (SSSR count). The van der Waals surface area contributed by atoms with Gasteiger partial charge in [0.15, 0.2) is 0 Å². The number of thiol groups is 1. The quantitative estimate of drug-likeness (QED) is 0.108. The summed E-state index contributed by atoms with van der Waals surface area (Å²) in [6.45, 7) is 1.51. The smallest absolute Gasteiger partial charge is 0.325 e. The van der Waals surface area contributed by atoms with Crippen LogP contribution >= 0.6 is 19.9 Å². The molecule has 202 valence electrons. The van der Waals surface area contributed by atoms with Crippen LogP contribution in [0, 0.1) is 0 Å². The molecule has 0 aliphatic heterocycles. The number of rotatable bonds is 16. The first-order valence-electron chi connectivity index (χ1n) is 12.6. The van der Waals surface area contributed by atoms with E-state index in [2.05, 4.69) is 109 Å². The second-order valence-electron chi connectivity index (χ2n) is 8.49. The van der Waals surface area contributed by atoms with Crippen LogP contribution in [0.1, 0.15) is 0 Å². The van der Waals surface area contributed by atoms with Crippen LogP contribution < -0.4 is 27.0 Å². The molecule has 3 aromatic carbocycles. The standard InChI is InChI=1S/C29H35N2O5PS/c30-27(23-38)29(33)31-22-28(32)36-19-18-34-16-17-35-20-21-37(24-10-4-1-5-11-24,25-12-6-2-7-13-25)26-14-8-3-9-15-26/h1-15,27H,16-23,30H2,(H-,31,33,38)/p+1. The van der Waals surface area contributed by atoms with Gasteiger partial charge >= 0.3 is 5.97 Å². The molecule has 0 spiro atoms. The van der Waals surface area contributed by atoms with Crippen LogP contribution in [0.5, 0.6) is 0 Å². The van der Waals surface area contributed by atoms with Gasteiger partial charge in [-0.1, -0.05) is 54.6 Å². The lowest BCUT2D eigenvalue weighted by Crippen LogP contribution is -2.44. The van der Waals surface area contributed by atoms with Crippen LogP contribution in [0.3, 0.4) is 0 Å². The van der Waals surface area contributed by atoms with E-state index in [0.29, 0.717) is 19.8 Å². The van der Waals surface area contributed by atoms with Crippen molar-refractivity contribution in [2.75, 3.05) is 51.5 Å². The number of nitrogens with two attached hydrogens (primary N) is 1. The van der Waals surface area contributed by atoms with Gasteiger partial charge in [0.05, 0.1) is 38.6 Å². The Kier molecular flexibility index (Phi) is 12.8. The van der Waals surface area contributed by atoms with E-state index < -0.39 is 25.2 Å². The molecule has 0 aliphatic carbocycles. The molecule has 0 aliphatic rings. The summed E-state index contributed by atoms with van der Waals surface area (Å²) >= 11 is 3.95. The van der Waals surface area contributed by atoms with Crippen molar-refractivity contribution >= 4 is 47.7 Å². The van der Waals surface area contributed by atoms with Crippen molar-refractivity contribution in [3.8, 4) is 0 Å². The molecule has 9 heteroatoms. The predicted molar refractivity (Wildman–Crippen MR) is 157 cm³/mol. The van der Waals surface area contributed by atoms with Crippen LogP contribution in [-0.4, -0.2) is 69.4 Å². The maximum Gasteiger partial charge on any atom is 0.325 e. The zero-order chi connectivity index (χ0) is 27.1. The summed E-state index contributed by atoms with van der Waals surface area (Å²) < 4.78 is 16.6. The number of benzene rings is 3. The SMILES string of the molecule is NC(CS)C(=O)NCC(=O)OCCOCCOCC[P+](c1ccccc1)(c1ccccc1)c1ccccc1. The van der Waals surface area contributed by atoms with E-state index >= 15 is 0 Å². The minimum absolute atomic E-state index is 0.0952. The molecule has 0 saturated carbocycles. The number of hydrogen-bond acceptors (Lipinski definition) is 7. The maximum atomic E-state index is 11.7. The van der Waals surface area contributed by atoms with Crippen LogP contribution in [0.25, 0.3) is 0 Å². The van der Waals surface area contributed by atoms with E-state index in [4.69, 9.17) is 19.9 Å². The number of carbonyl (C=O) groups is 2. The van der Waals surface area contributed by atoms with Crippen LogP contribution in [0.2, 0.25) is 0 Å². The minimum Gasteiger partial charge on any atom is -0.462 e. The number of carbonyl (C=O) groups excluding carboxylic acids is 2. The molecule has 7 nitrogen and oxygen atoms in total. The average Bonchev–Trinajstić information content (AvgIpc) is 2.98. The highest BCUT2D eigenvalue weighted by atomic mass is 32.1. The molecule has 3 aromatic rings. The zero-order valence-corrected chi connectivity index (χ0v) is 23.2. The first kappa shape index (κ1) is 29.8. The Labute approximate surface area is 230 Å². The van der Waals surface area contributed by atoms with Crippen molar-refractivity contribution in [3.05, 3.63) is 91.0 Å². The highest BCUT2D eigenvalue weighted by molar-refractivity contribution is 7.95. The van der Waals surface area contributed by atoms with Crippen molar-refractivity contribution in [1.29, 1.82) is 0 Å². The first-order valence-corrected chi connectivity index (χ1v) is 15.2. The maximum absolute atomic E-state index is 11.7. The van der Waals surface area contributed by atoms with Crippen molar-refractivity contribution in [1.82, 2.24) is 5.32 Å². The lowest BCUT2D eigenvalue weighted by atomic mass is 10.3. The fourth-order valence-electron chi connectivity index (χ4n) is 4.04. The van der Waals surface area contributed by atoms with Gasteiger partial charge in [-0.2, -0.15) is 12.6 Å². The molecule has 0 aromatic heterocycles. The Balaban J connectivity index is 1.47. The van der Waals surface area contributed by atoms with E-state index in [1.54, 1.807) is 0 Å². The molecule has 0 heterocycles. The summed E-state index contributed by atoms with van der Waals surface area (Å²) in [6.07, 6.45) is 0.866. The Morgan fingerprint density at radius 2 is 1.18 bits per heavy atom. The highest BCUT2D eigenvalue weighted by Gasteiger charge is 2.44. The molecule has 0 bridgehead atoms. The Morgan fingerprint density at radius 1 is 0.737 bits per heavy atom. The molecule has 1 unspecified atom stereocenters. The van der Waals surface area contributed by atoms with E-state index in [1.165, 1.54) is 15.9 Å². The lowest BCUT2D eigenvalue weighted by molar-refractivity contribution is -0.145. The number of ether oxygens (including phenoxy) is 3. The number of hydrogen-bond donors (Lipinski definition) is 3. The fourth-order valence-corrected chi connectivity index (χ4v) is 8.33. The monoisotopic (exact) mass is 555 g/mol. The largest absolute Gasteiger partial charge is 0.462 e. The van der Waals surface area contributed by atoms with Gasteiger partial charge in [-0.05, 0) is 36.4 Å². The molecule has 1 amide bonds. The van der Waals surface area contributed by atoms with Gasteiger partial charge in [0.25, 0.3) is 0 Å². The summed E-state index contributed by atoms with van der Waals surface area (Å²) in [5.74, 6) is -0.791. The number of esters is 1. The van der Waals surface area contributed by atoms with Crippen molar-refractivity contribution < 1.29 is 23.8 Å². The van der Waals surface area contributed by atoms with Gasteiger partial charge in [0, 0.05) is 5.75 Å². The minimum atomic E-state index is -1.92. The molecule has 0 radical (unpaired) electrons. The Morgan fingerprint density at radius 3 is 1.66 bits per heavy atom. The Bertz CT molecular complexity index is 1010. The summed E-state index contributed by atoms with van der Waals surface area (Å²) in [7, 11) is -1.92. The van der Waals surface area contributed by atoms with Crippen molar-refractivity contribution in [2.24, 2.45) is 5.73 Å². The molecule has 38 heavy (non-hydrogen) atoms. The fraction of sp³-hybridized carbons (Fsp3) is 0.310. The normalized spacial score (nSPS) is 12.1. The molecule has 3 N–H and O–H groups in total. The number of nitrogens with one attached hydrogen (secondary N) is 1. The zero-order valence-electron chi connectivity index (χ0n) is 21.4.